The minimum atomic E-state index is -4.55. The molecule has 3 heterocycles. The third kappa shape index (κ3) is 4.80. The second-order valence-electron chi connectivity index (χ2n) is 7.25. The number of hydrogen-bond donors (Lipinski definition) is 1. The predicted octanol–water partition coefficient (Wildman–Crippen LogP) is 3.05. The summed E-state index contributed by atoms with van der Waals surface area (Å²) < 4.78 is 40.0. The molecule has 2 amide bonds. The van der Waals surface area contributed by atoms with Crippen molar-refractivity contribution >= 4 is 11.8 Å². The number of amides is 2. The van der Waals surface area contributed by atoms with Gasteiger partial charge in [-0.2, -0.15) is 18.3 Å². The third-order valence-corrected chi connectivity index (χ3v) is 5.21. The van der Waals surface area contributed by atoms with Crippen molar-refractivity contribution in [3.8, 4) is 0 Å². The fraction of sp³-hybridized carbons (Fsp3) is 0.500. The van der Waals surface area contributed by atoms with Gasteiger partial charge in [0.2, 0.25) is 0 Å². The fourth-order valence-corrected chi connectivity index (χ4v) is 3.59. The van der Waals surface area contributed by atoms with Gasteiger partial charge in [0.25, 0.3) is 11.8 Å². The van der Waals surface area contributed by atoms with Crippen molar-refractivity contribution in [1.29, 1.82) is 0 Å². The number of likely N-dealkylation sites (tertiary alicyclic amines) is 1. The van der Waals surface area contributed by atoms with Crippen LogP contribution in [0.2, 0.25) is 0 Å². The van der Waals surface area contributed by atoms with Gasteiger partial charge in [0.15, 0.2) is 0 Å². The van der Waals surface area contributed by atoms with Crippen molar-refractivity contribution in [2.45, 2.75) is 51.9 Å². The van der Waals surface area contributed by atoms with E-state index in [0.717, 1.165) is 12.1 Å². The van der Waals surface area contributed by atoms with Gasteiger partial charge in [0.05, 0.1) is 11.3 Å². The van der Waals surface area contributed by atoms with Crippen LogP contribution in [0.3, 0.4) is 0 Å². The van der Waals surface area contributed by atoms with Crippen molar-refractivity contribution in [2.75, 3.05) is 13.1 Å². The van der Waals surface area contributed by atoms with Crippen LogP contribution in [0.4, 0.5) is 13.2 Å². The van der Waals surface area contributed by atoms with E-state index in [-0.39, 0.29) is 23.2 Å². The number of rotatable bonds is 4. The maximum atomic E-state index is 12.8. The highest BCUT2D eigenvalue weighted by Gasteiger charge is 2.33. The number of nitrogens with one attached hydrogen (secondary N) is 1. The molecule has 1 fully saturated rings. The molecule has 1 N–H and O–H groups in total. The SMILES string of the molecule is CCn1nccc1C(=O)N1CCC[C@H](NC(=O)c2ccc(C(F)(F)F)nc2C)CC1. The molecule has 30 heavy (non-hydrogen) atoms. The first-order valence-electron chi connectivity index (χ1n) is 9.87. The van der Waals surface area contributed by atoms with Gasteiger partial charge >= 0.3 is 6.18 Å². The number of carbonyl (C=O) groups excluding carboxylic acids is 2. The summed E-state index contributed by atoms with van der Waals surface area (Å²) in [6.07, 6.45) is -1.01. The van der Waals surface area contributed by atoms with Crippen LogP contribution in [-0.4, -0.2) is 50.6 Å². The first-order chi connectivity index (χ1) is 14.2. The molecule has 10 heteroatoms. The zero-order valence-electron chi connectivity index (χ0n) is 16.9. The van der Waals surface area contributed by atoms with E-state index in [1.165, 1.54) is 6.92 Å². The summed E-state index contributed by atoms with van der Waals surface area (Å²) in [6, 6.07) is 3.48. The molecular formula is C20H24F3N5O2. The Bertz CT molecular complexity index is 925. The number of alkyl halides is 3. The maximum Gasteiger partial charge on any atom is 0.433 e. The summed E-state index contributed by atoms with van der Waals surface area (Å²) >= 11 is 0. The third-order valence-electron chi connectivity index (χ3n) is 5.21. The van der Waals surface area contributed by atoms with Crippen LogP contribution >= 0.6 is 0 Å². The molecule has 0 unspecified atom stereocenters. The molecular weight excluding hydrogens is 399 g/mol. The maximum absolute atomic E-state index is 12.8. The van der Waals surface area contributed by atoms with Gasteiger partial charge in [0.1, 0.15) is 11.4 Å². The van der Waals surface area contributed by atoms with E-state index in [0.29, 0.717) is 44.6 Å². The van der Waals surface area contributed by atoms with Crippen molar-refractivity contribution in [3.05, 3.63) is 47.0 Å². The second kappa shape index (κ2) is 8.85. The van der Waals surface area contributed by atoms with Crippen molar-refractivity contribution in [1.82, 2.24) is 25.0 Å². The predicted molar refractivity (Wildman–Crippen MR) is 103 cm³/mol. The molecule has 0 spiro atoms. The van der Waals surface area contributed by atoms with E-state index in [9.17, 15) is 22.8 Å². The van der Waals surface area contributed by atoms with Crippen molar-refractivity contribution in [3.63, 3.8) is 0 Å². The number of halogens is 3. The number of hydrogen-bond acceptors (Lipinski definition) is 4. The Morgan fingerprint density at radius 3 is 2.63 bits per heavy atom. The molecule has 1 atom stereocenters. The Labute approximate surface area is 172 Å². The summed E-state index contributed by atoms with van der Waals surface area (Å²) in [7, 11) is 0. The number of aromatic nitrogens is 3. The molecule has 0 radical (unpaired) electrons. The van der Waals surface area contributed by atoms with Crippen LogP contribution in [0.1, 0.15) is 58.4 Å². The highest BCUT2D eigenvalue weighted by Crippen LogP contribution is 2.28. The van der Waals surface area contributed by atoms with E-state index < -0.39 is 17.8 Å². The molecule has 7 nitrogen and oxygen atoms in total. The Morgan fingerprint density at radius 1 is 1.20 bits per heavy atom. The van der Waals surface area contributed by atoms with Crippen LogP contribution in [0, 0.1) is 6.92 Å². The normalized spacial score (nSPS) is 17.5. The Hall–Kier alpha value is -2.91. The molecule has 1 aliphatic rings. The molecule has 1 saturated heterocycles. The van der Waals surface area contributed by atoms with Gasteiger partial charge in [-0.1, -0.05) is 0 Å². The van der Waals surface area contributed by atoms with Crippen LogP contribution in [0.25, 0.3) is 0 Å². The monoisotopic (exact) mass is 423 g/mol. The molecule has 162 valence electrons. The Morgan fingerprint density at radius 2 is 1.97 bits per heavy atom. The molecule has 0 saturated carbocycles. The zero-order chi connectivity index (χ0) is 21.9. The lowest BCUT2D eigenvalue weighted by Crippen LogP contribution is -2.37. The quantitative estimate of drug-likeness (QED) is 0.820. The van der Waals surface area contributed by atoms with Gasteiger partial charge in [-0.05, 0) is 51.3 Å². The topological polar surface area (TPSA) is 80.1 Å². The molecule has 2 aromatic heterocycles. The lowest BCUT2D eigenvalue weighted by Gasteiger charge is -2.21. The lowest BCUT2D eigenvalue weighted by atomic mass is 10.1. The Kier molecular flexibility index (Phi) is 6.42. The average molecular weight is 423 g/mol. The first-order valence-corrected chi connectivity index (χ1v) is 9.87. The van der Waals surface area contributed by atoms with Crippen molar-refractivity contribution in [2.24, 2.45) is 0 Å². The fourth-order valence-electron chi connectivity index (χ4n) is 3.59. The number of aryl methyl sites for hydroxylation is 2. The Balaban J connectivity index is 1.62. The first kappa shape index (κ1) is 21.8. The summed E-state index contributed by atoms with van der Waals surface area (Å²) in [5.74, 6) is -0.549. The van der Waals surface area contributed by atoms with Crippen molar-refractivity contribution < 1.29 is 22.8 Å². The summed E-state index contributed by atoms with van der Waals surface area (Å²) in [4.78, 5) is 30.6. The van der Waals surface area contributed by atoms with Gasteiger partial charge < -0.3 is 10.2 Å². The van der Waals surface area contributed by atoms with Gasteiger partial charge in [-0.25, -0.2) is 4.98 Å². The standard InChI is InChI=1S/C20H24F3N5O2/c1-3-28-16(8-10-24-28)19(30)27-11-4-5-14(9-12-27)26-18(29)15-6-7-17(20(21,22)23)25-13(15)2/h6-8,10,14H,3-5,9,11-12H2,1-2H3,(H,26,29)/t14-/m0/s1. The summed E-state index contributed by atoms with van der Waals surface area (Å²) in [5, 5.41) is 7.00. The zero-order valence-corrected chi connectivity index (χ0v) is 16.9. The summed E-state index contributed by atoms with van der Waals surface area (Å²) in [5.41, 5.74) is -0.342. The van der Waals surface area contributed by atoms with E-state index in [4.69, 9.17) is 0 Å². The largest absolute Gasteiger partial charge is 0.433 e. The lowest BCUT2D eigenvalue weighted by molar-refractivity contribution is -0.141. The van der Waals surface area contributed by atoms with E-state index >= 15 is 0 Å². The van der Waals surface area contributed by atoms with Crippen LogP contribution < -0.4 is 5.32 Å². The molecule has 2 aromatic rings. The molecule has 1 aliphatic heterocycles. The van der Waals surface area contributed by atoms with E-state index in [1.54, 1.807) is 21.8 Å². The summed E-state index contributed by atoms with van der Waals surface area (Å²) in [6.45, 7) is 4.94. The molecule has 0 aromatic carbocycles. The molecule has 0 aliphatic carbocycles. The second-order valence-corrected chi connectivity index (χ2v) is 7.25. The minimum Gasteiger partial charge on any atom is -0.349 e. The van der Waals surface area contributed by atoms with Crippen LogP contribution in [0.15, 0.2) is 24.4 Å². The average Bonchev–Trinajstić information content (AvgIpc) is 3.05. The number of nitrogens with zero attached hydrogens (tertiary/aromatic N) is 4. The van der Waals surface area contributed by atoms with Gasteiger partial charge in [-0.15, -0.1) is 0 Å². The number of pyridine rings is 1. The van der Waals surface area contributed by atoms with Crippen LogP contribution in [-0.2, 0) is 12.7 Å². The smallest absolute Gasteiger partial charge is 0.349 e. The van der Waals surface area contributed by atoms with E-state index in [1.807, 2.05) is 6.92 Å². The van der Waals surface area contributed by atoms with Gasteiger partial charge in [-0.3, -0.25) is 14.3 Å². The number of carbonyl (C=O) groups is 2. The van der Waals surface area contributed by atoms with E-state index in [2.05, 4.69) is 15.4 Å². The molecule has 3 rings (SSSR count). The minimum absolute atomic E-state index is 0.0283. The molecule has 0 bridgehead atoms. The highest BCUT2D eigenvalue weighted by atomic mass is 19.4. The highest BCUT2D eigenvalue weighted by molar-refractivity contribution is 5.95. The van der Waals surface area contributed by atoms with Gasteiger partial charge in [0, 0.05) is 31.9 Å². The van der Waals surface area contributed by atoms with Crippen LogP contribution in [0.5, 0.6) is 0 Å².